The molecule has 0 N–H and O–H groups in total. The van der Waals surface area contributed by atoms with Gasteiger partial charge in [-0.15, -0.1) is 0 Å². The van der Waals surface area contributed by atoms with Gasteiger partial charge in [-0.05, 0) is 36.4 Å². The van der Waals surface area contributed by atoms with Gasteiger partial charge in [-0.1, -0.05) is 12.1 Å². The van der Waals surface area contributed by atoms with Gasteiger partial charge in [0.1, 0.15) is 0 Å². The highest BCUT2D eigenvalue weighted by Crippen LogP contribution is 2.34. The van der Waals surface area contributed by atoms with E-state index in [-0.39, 0.29) is 0 Å². The molecule has 0 amide bonds. The lowest BCUT2D eigenvalue weighted by Gasteiger charge is -2.30. The molecular formula is C21H23N3O3. The molecule has 1 saturated heterocycles. The number of para-hydroxylation sites is 2. The first-order chi connectivity index (χ1) is 13.3. The zero-order valence-corrected chi connectivity index (χ0v) is 15.6. The molecule has 0 spiro atoms. The van der Waals surface area contributed by atoms with Gasteiger partial charge in [0.05, 0.1) is 50.7 Å². The zero-order valence-electron chi connectivity index (χ0n) is 15.6. The number of rotatable bonds is 5. The summed E-state index contributed by atoms with van der Waals surface area (Å²) < 4.78 is 18.3. The SMILES string of the molecule is COc1ccc(-c2ccnn2-c2ccccc2N2CCOCC2)cc1OC. The molecule has 4 rings (SSSR count). The largest absolute Gasteiger partial charge is 0.493 e. The summed E-state index contributed by atoms with van der Waals surface area (Å²) in [6.45, 7) is 3.25. The molecule has 1 aromatic heterocycles. The molecule has 2 heterocycles. The summed E-state index contributed by atoms with van der Waals surface area (Å²) in [4.78, 5) is 2.35. The van der Waals surface area contributed by atoms with Crippen LogP contribution < -0.4 is 14.4 Å². The van der Waals surface area contributed by atoms with Crippen molar-refractivity contribution in [1.82, 2.24) is 9.78 Å². The predicted molar refractivity (Wildman–Crippen MR) is 105 cm³/mol. The van der Waals surface area contributed by atoms with Gasteiger partial charge in [0, 0.05) is 18.7 Å². The molecule has 6 nitrogen and oxygen atoms in total. The molecule has 1 aliphatic rings. The second-order valence-corrected chi connectivity index (χ2v) is 6.29. The summed E-state index contributed by atoms with van der Waals surface area (Å²) in [5.74, 6) is 1.41. The van der Waals surface area contributed by atoms with E-state index < -0.39 is 0 Å². The first-order valence-electron chi connectivity index (χ1n) is 9.00. The second kappa shape index (κ2) is 7.72. The lowest BCUT2D eigenvalue weighted by Crippen LogP contribution is -2.36. The topological polar surface area (TPSA) is 48.8 Å². The lowest BCUT2D eigenvalue weighted by atomic mass is 10.1. The molecule has 1 fully saturated rings. The quantitative estimate of drug-likeness (QED) is 0.694. The van der Waals surface area contributed by atoms with Gasteiger partial charge in [0.2, 0.25) is 0 Å². The van der Waals surface area contributed by atoms with Crippen LogP contribution in [0.3, 0.4) is 0 Å². The van der Waals surface area contributed by atoms with E-state index in [0.29, 0.717) is 11.5 Å². The van der Waals surface area contributed by atoms with E-state index in [4.69, 9.17) is 14.2 Å². The number of anilines is 1. The Morgan fingerprint density at radius 2 is 1.63 bits per heavy atom. The Morgan fingerprint density at radius 1 is 0.889 bits per heavy atom. The van der Waals surface area contributed by atoms with Crippen LogP contribution in [0.15, 0.2) is 54.7 Å². The van der Waals surface area contributed by atoms with Crippen LogP contribution in [0.4, 0.5) is 5.69 Å². The van der Waals surface area contributed by atoms with E-state index in [0.717, 1.165) is 48.9 Å². The third-order valence-electron chi connectivity index (χ3n) is 4.78. The van der Waals surface area contributed by atoms with Crippen molar-refractivity contribution >= 4 is 5.69 Å². The average Bonchev–Trinajstić information content (AvgIpc) is 3.23. The van der Waals surface area contributed by atoms with Gasteiger partial charge < -0.3 is 19.1 Å². The maximum atomic E-state index is 5.50. The van der Waals surface area contributed by atoms with Gasteiger partial charge in [0.25, 0.3) is 0 Å². The van der Waals surface area contributed by atoms with Crippen LogP contribution in [0.25, 0.3) is 16.9 Å². The molecule has 0 unspecified atom stereocenters. The van der Waals surface area contributed by atoms with Crippen LogP contribution >= 0.6 is 0 Å². The Bertz CT molecular complexity index is 917. The van der Waals surface area contributed by atoms with Crippen LogP contribution in [0.1, 0.15) is 0 Å². The normalized spacial score (nSPS) is 14.2. The van der Waals surface area contributed by atoms with Crippen molar-refractivity contribution < 1.29 is 14.2 Å². The standard InChI is InChI=1S/C21H23N3O3/c1-25-20-8-7-16(15-21(20)26-2)17-9-10-22-24(17)19-6-4-3-5-18(19)23-11-13-27-14-12-23/h3-10,15H,11-14H2,1-2H3. The summed E-state index contributed by atoms with van der Waals surface area (Å²) in [5.41, 5.74) is 4.22. The lowest BCUT2D eigenvalue weighted by molar-refractivity contribution is 0.122. The summed E-state index contributed by atoms with van der Waals surface area (Å²) in [6, 6.07) is 16.3. The fourth-order valence-electron chi connectivity index (χ4n) is 3.42. The third kappa shape index (κ3) is 3.36. The molecule has 0 radical (unpaired) electrons. The van der Waals surface area contributed by atoms with Crippen molar-refractivity contribution in [3.63, 3.8) is 0 Å². The fourth-order valence-corrected chi connectivity index (χ4v) is 3.42. The minimum absolute atomic E-state index is 0.698. The molecule has 6 heteroatoms. The average molecular weight is 365 g/mol. The van der Waals surface area contributed by atoms with E-state index in [1.54, 1.807) is 14.2 Å². The first kappa shape index (κ1) is 17.4. The summed E-state index contributed by atoms with van der Waals surface area (Å²) in [6.07, 6.45) is 1.82. The van der Waals surface area contributed by atoms with Crippen molar-refractivity contribution in [3.05, 3.63) is 54.7 Å². The minimum atomic E-state index is 0.698. The van der Waals surface area contributed by atoms with Crippen LogP contribution in [0.2, 0.25) is 0 Å². The summed E-state index contributed by atoms with van der Waals surface area (Å²) in [7, 11) is 3.28. The van der Waals surface area contributed by atoms with Gasteiger partial charge in [-0.3, -0.25) is 0 Å². The van der Waals surface area contributed by atoms with E-state index >= 15 is 0 Å². The van der Waals surface area contributed by atoms with Crippen molar-refractivity contribution in [3.8, 4) is 28.4 Å². The molecule has 0 bridgehead atoms. The number of nitrogens with zero attached hydrogens (tertiary/aromatic N) is 3. The maximum absolute atomic E-state index is 5.50. The predicted octanol–water partition coefficient (Wildman–Crippen LogP) is 3.39. The van der Waals surface area contributed by atoms with Crippen molar-refractivity contribution in [2.75, 3.05) is 45.4 Å². The Labute approximate surface area is 158 Å². The fraction of sp³-hybridized carbons (Fsp3) is 0.286. The second-order valence-electron chi connectivity index (χ2n) is 6.29. The first-order valence-corrected chi connectivity index (χ1v) is 9.00. The summed E-state index contributed by atoms with van der Waals surface area (Å²) in [5, 5.41) is 4.60. The number of ether oxygens (including phenoxy) is 3. The molecule has 0 saturated carbocycles. The van der Waals surface area contributed by atoms with Crippen LogP contribution in [0.5, 0.6) is 11.5 Å². The van der Waals surface area contributed by atoms with E-state index in [2.05, 4.69) is 28.2 Å². The monoisotopic (exact) mass is 365 g/mol. The van der Waals surface area contributed by atoms with Crippen LogP contribution in [-0.4, -0.2) is 50.3 Å². The van der Waals surface area contributed by atoms with Gasteiger partial charge in [-0.2, -0.15) is 5.10 Å². The minimum Gasteiger partial charge on any atom is -0.493 e. The Kier molecular flexibility index (Phi) is 4.98. The van der Waals surface area contributed by atoms with E-state index in [1.165, 1.54) is 0 Å². The van der Waals surface area contributed by atoms with E-state index in [1.807, 2.05) is 41.2 Å². The third-order valence-corrected chi connectivity index (χ3v) is 4.78. The molecule has 3 aromatic rings. The van der Waals surface area contributed by atoms with Crippen LogP contribution in [-0.2, 0) is 4.74 Å². The zero-order chi connectivity index (χ0) is 18.6. The number of hydrogen-bond acceptors (Lipinski definition) is 5. The molecule has 0 aliphatic carbocycles. The van der Waals surface area contributed by atoms with Crippen molar-refractivity contribution in [2.24, 2.45) is 0 Å². The number of benzene rings is 2. The molecule has 140 valence electrons. The van der Waals surface area contributed by atoms with E-state index in [9.17, 15) is 0 Å². The smallest absolute Gasteiger partial charge is 0.161 e. The molecule has 27 heavy (non-hydrogen) atoms. The van der Waals surface area contributed by atoms with Gasteiger partial charge >= 0.3 is 0 Å². The summed E-state index contributed by atoms with van der Waals surface area (Å²) >= 11 is 0. The Hall–Kier alpha value is -2.99. The number of aromatic nitrogens is 2. The number of morpholine rings is 1. The van der Waals surface area contributed by atoms with Gasteiger partial charge in [-0.25, -0.2) is 4.68 Å². The molecule has 0 atom stereocenters. The van der Waals surface area contributed by atoms with Crippen molar-refractivity contribution in [2.45, 2.75) is 0 Å². The number of methoxy groups -OCH3 is 2. The molecular weight excluding hydrogens is 342 g/mol. The Morgan fingerprint density at radius 3 is 2.37 bits per heavy atom. The van der Waals surface area contributed by atoms with Crippen molar-refractivity contribution in [1.29, 1.82) is 0 Å². The highest BCUT2D eigenvalue weighted by molar-refractivity contribution is 5.70. The molecule has 2 aromatic carbocycles. The van der Waals surface area contributed by atoms with Crippen LogP contribution in [0, 0.1) is 0 Å². The van der Waals surface area contributed by atoms with Gasteiger partial charge in [0.15, 0.2) is 11.5 Å². The molecule has 1 aliphatic heterocycles. The highest BCUT2D eigenvalue weighted by atomic mass is 16.5. The highest BCUT2D eigenvalue weighted by Gasteiger charge is 2.18. The Balaban J connectivity index is 1.77. The number of hydrogen-bond donors (Lipinski definition) is 0. The maximum Gasteiger partial charge on any atom is 0.161 e.